The molecule has 0 spiro atoms. The zero-order valence-electron chi connectivity index (χ0n) is 6.58. The fourth-order valence-electron chi connectivity index (χ4n) is 1.32. The molecule has 0 saturated carbocycles. The average molecular weight is 149 g/mol. The molecule has 1 unspecified atom stereocenters. The van der Waals surface area contributed by atoms with Crippen molar-refractivity contribution in [1.29, 1.82) is 0 Å². The van der Waals surface area contributed by atoms with Crippen molar-refractivity contribution in [3.63, 3.8) is 0 Å². The summed E-state index contributed by atoms with van der Waals surface area (Å²) in [7, 11) is 0. The van der Waals surface area contributed by atoms with Crippen molar-refractivity contribution in [2.45, 2.75) is 18.9 Å². The summed E-state index contributed by atoms with van der Waals surface area (Å²) in [5.74, 6) is 0. The second-order valence-electron chi connectivity index (χ2n) is 2.87. The molecule has 1 fully saturated rings. The van der Waals surface area contributed by atoms with Crippen LogP contribution in [0.3, 0.4) is 0 Å². The van der Waals surface area contributed by atoms with Gasteiger partial charge in [0.25, 0.3) is 0 Å². The maximum atomic E-state index is 5.40. The van der Waals surface area contributed by atoms with Gasteiger partial charge in [0.2, 0.25) is 0 Å². The zero-order valence-corrected chi connectivity index (χ0v) is 6.58. The van der Waals surface area contributed by atoms with Crippen LogP contribution in [-0.4, -0.2) is 11.6 Å². The van der Waals surface area contributed by atoms with E-state index in [1.807, 2.05) is 24.5 Å². The van der Waals surface area contributed by atoms with E-state index in [9.17, 15) is 0 Å². The first-order chi connectivity index (χ1) is 5.37. The summed E-state index contributed by atoms with van der Waals surface area (Å²) in [5.41, 5.74) is 1.30. The normalized spacial score (nSPS) is 28.5. The minimum absolute atomic E-state index is 0.0446. The van der Waals surface area contributed by atoms with Gasteiger partial charge in [0.05, 0.1) is 6.61 Å². The van der Waals surface area contributed by atoms with Gasteiger partial charge in [-0.2, -0.15) is 0 Å². The average Bonchev–Trinajstić information content (AvgIpc) is 2.86. The largest absolute Gasteiger partial charge is 0.365 e. The van der Waals surface area contributed by atoms with Gasteiger partial charge in [-0.15, -0.1) is 0 Å². The highest BCUT2D eigenvalue weighted by molar-refractivity contribution is 5.23. The Balaban J connectivity index is 2.30. The molecule has 0 amide bonds. The van der Waals surface area contributed by atoms with Crippen LogP contribution in [0.2, 0.25) is 0 Å². The van der Waals surface area contributed by atoms with Crippen LogP contribution >= 0.6 is 0 Å². The molecule has 0 aromatic carbocycles. The van der Waals surface area contributed by atoms with Gasteiger partial charge in [-0.1, -0.05) is 6.92 Å². The zero-order chi connectivity index (χ0) is 7.73. The smallest absolute Gasteiger partial charge is 0.116 e. The van der Waals surface area contributed by atoms with E-state index < -0.39 is 0 Å². The van der Waals surface area contributed by atoms with Crippen molar-refractivity contribution >= 4 is 0 Å². The first kappa shape index (κ1) is 6.80. The van der Waals surface area contributed by atoms with Crippen molar-refractivity contribution in [2.24, 2.45) is 0 Å². The molecule has 2 heteroatoms. The Hall–Kier alpha value is -0.890. The lowest BCUT2D eigenvalue weighted by Crippen LogP contribution is -2.05. The van der Waals surface area contributed by atoms with Crippen molar-refractivity contribution in [3.05, 3.63) is 30.1 Å². The highest BCUT2D eigenvalue weighted by Gasteiger charge is 2.44. The highest BCUT2D eigenvalue weighted by atomic mass is 16.6. The van der Waals surface area contributed by atoms with Gasteiger partial charge >= 0.3 is 0 Å². The van der Waals surface area contributed by atoms with Crippen LogP contribution in [0, 0.1) is 0 Å². The van der Waals surface area contributed by atoms with Gasteiger partial charge in [-0.25, -0.2) is 0 Å². The molecule has 1 aliphatic rings. The SMILES string of the molecule is CCC1(c2ccncc2)CO1. The summed E-state index contributed by atoms with van der Waals surface area (Å²) in [4.78, 5) is 3.97. The summed E-state index contributed by atoms with van der Waals surface area (Å²) in [6.07, 6.45) is 4.68. The van der Waals surface area contributed by atoms with Crippen LogP contribution in [-0.2, 0) is 10.3 Å². The standard InChI is InChI=1S/C9H11NO/c1-2-9(7-11-9)8-3-5-10-6-4-8/h3-6H,2,7H2,1H3. The van der Waals surface area contributed by atoms with Crippen molar-refractivity contribution in [1.82, 2.24) is 4.98 Å². The molecule has 2 rings (SSSR count). The molecule has 11 heavy (non-hydrogen) atoms. The fourth-order valence-corrected chi connectivity index (χ4v) is 1.32. The van der Waals surface area contributed by atoms with Gasteiger partial charge in [0.15, 0.2) is 0 Å². The Bertz CT molecular complexity index is 241. The lowest BCUT2D eigenvalue weighted by atomic mass is 9.99. The molecular weight excluding hydrogens is 138 g/mol. The summed E-state index contributed by atoms with van der Waals surface area (Å²) in [5, 5.41) is 0. The van der Waals surface area contributed by atoms with Gasteiger partial charge in [0.1, 0.15) is 5.60 Å². The number of epoxide rings is 1. The second kappa shape index (κ2) is 2.31. The first-order valence-electron chi connectivity index (χ1n) is 3.92. The van der Waals surface area contributed by atoms with Crippen LogP contribution in [0.5, 0.6) is 0 Å². The Labute approximate surface area is 66.2 Å². The van der Waals surface area contributed by atoms with E-state index in [0.29, 0.717) is 0 Å². The van der Waals surface area contributed by atoms with Gasteiger partial charge < -0.3 is 4.74 Å². The maximum Gasteiger partial charge on any atom is 0.116 e. The number of pyridine rings is 1. The fraction of sp³-hybridized carbons (Fsp3) is 0.444. The molecule has 1 saturated heterocycles. The van der Waals surface area contributed by atoms with Crippen LogP contribution in [0.4, 0.5) is 0 Å². The van der Waals surface area contributed by atoms with Crippen LogP contribution < -0.4 is 0 Å². The third-order valence-corrected chi connectivity index (χ3v) is 2.27. The Morgan fingerprint density at radius 2 is 2.18 bits per heavy atom. The van der Waals surface area contributed by atoms with Crippen LogP contribution in [0.25, 0.3) is 0 Å². The Morgan fingerprint density at radius 1 is 1.55 bits per heavy atom. The second-order valence-corrected chi connectivity index (χ2v) is 2.87. The molecule has 1 aliphatic heterocycles. The number of ether oxygens (including phenoxy) is 1. The molecular formula is C9H11NO. The Kier molecular flexibility index (Phi) is 1.43. The molecule has 1 aromatic rings. The molecule has 0 bridgehead atoms. The van der Waals surface area contributed by atoms with Gasteiger partial charge in [-0.3, -0.25) is 4.98 Å². The maximum absolute atomic E-state index is 5.40. The van der Waals surface area contributed by atoms with E-state index in [1.54, 1.807) is 0 Å². The van der Waals surface area contributed by atoms with Gasteiger partial charge in [-0.05, 0) is 24.1 Å². The molecule has 2 heterocycles. The van der Waals surface area contributed by atoms with E-state index >= 15 is 0 Å². The molecule has 0 aliphatic carbocycles. The van der Waals surface area contributed by atoms with E-state index in [1.165, 1.54) is 5.56 Å². The Morgan fingerprint density at radius 3 is 2.64 bits per heavy atom. The summed E-state index contributed by atoms with van der Waals surface area (Å²) in [6, 6.07) is 4.05. The predicted octanol–water partition coefficient (Wildman–Crippen LogP) is 1.72. The third kappa shape index (κ3) is 1.03. The van der Waals surface area contributed by atoms with Crippen LogP contribution in [0.1, 0.15) is 18.9 Å². The number of aromatic nitrogens is 1. The van der Waals surface area contributed by atoms with Gasteiger partial charge in [0, 0.05) is 12.4 Å². The van der Waals surface area contributed by atoms with E-state index in [2.05, 4.69) is 11.9 Å². The molecule has 0 N–H and O–H groups in total. The predicted molar refractivity (Wildman–Crippen MR) is 42.2 cm³/mol. The number of nitrogens with zero attached hydrogens (tertiary/aromatic N) is 1. The molecule has 58 valence electrons. The number of rotatable bonds is 2. The minimum Gasteiger partial charge on any atom is -0.365 e. The number of hydrogen-bond acceptors (Lipinski definition) is 2. The van der Waals surface area contributed by atoms with Crippen LogP contribution in [0.15, 0.2) is 24.5 Å². The third-order valence-electron chi connectivity index (χ3n) is 2.27. The quantitative estimate of drug-likeness (QED) is 0.598. The number of hydrogen-bond donors (Lipinski definition) is 0. The monoisotopic (exact) mass is 149 g/mol. The van der Waals surface area contributed by atoms with E-state index in [-0.39, 0.29) is 5.60 Å². The lowest BCUT2D eigenvalue weighted by molar-refractivity contribution is 0.301. The molecule has 2 nitrogen and oxygen atoms in total. The molecule has 0 radical (unpaired) electrons. The highest BCUT2D eigenvalue weighted by Crippen LogP contribution is 2.41. The molecule has 1 atom stereocenters. The summed E-state index contributed by atoms with van der Waals surface area (Å²) >= 11 is 0. The van der Waals surface area contributed by atoms with E-state index in [4.69, 9.17) is 4.74 Å². The van der Waals surface area contributed by atoms with Crippen molar-refractivity contribution < 1.29 is 4.74 Å². The summed E-state index contributed by atoms with van der Waals surface area (Å²) in [6.45, 7) is 3.01. The lowest BCUT2D eigenvalue weighted by Gasteiger charge is -2.07. The molecule has 1 aromatic heterocycles. The van der Waals surface area contributed by atoms with E-state index in [0.717, 1.165) is 13.0 Å². The first-order valence-corrected chi connectivity index (χ1v) is 3.92. The van der Waals surface area contributed by atoms with Crippen molar-refractivity contribution in [2.75, 3.05) is 6.61 Å². The summed E-state index contributed by atoms with van der Waals surface area (Å²) < 4.78 is 5.40. The minimum atomic E-state index is 0.0446. The van der Waals surface area contributed by atoms with Crippen molar-refractivity contribution in [3.8, 4) is 0 Å². The topological polar surface area (TPSA) is 25.4 Å².